The Hall–Kier alpha value is -4.09. The van der Waals surface area contributed by atoms with Crippen molar-refractivity contribution in [1.29, 1.82) is 0 Å². The van der Waals surface area contributed by atoms with Crippen molar-refractivity contribution >= 4 is 21.4 Å². The van der Waals surface area contributed by atoms with Gasteiger partial charge in [0.25, 0.3) is 0 Å². The van der Waals surface area contributed by atoms with Crippen LogP contribution in [-0.4, -0.2) is 65.4 Å². The van der Waals surface area contributed by atoms with Crippen molar-refractivity contribution in [3.8, 4) is 28.7 Å². The van der Waals surface area contributed by atoms with E-state index in [2.05, 4.69) is 0 Å². The standard InChI is InChI=1S/C31H36O10S/c1-5-14-40-31-28(41-20-21-9-7-6-8-10-21)18-23(19-29(31)42(35,36)15-13-32)25(34)12-11-24(33)22-16-26(37-2)30(39-4)27(17-22)38-3/h6-10,16-19,32H,5,11-15,20H2,1-4H3. The molecule has 0 spiro atoms. The largest absolute Gasteiger partial charge is 0.493 e. The van der Waals surface area contributed by atoms with Crippen LogP contribution in [0.1, 0.15) is 52.5 Å². The number of aliphatic hydroxyl groups is 1. The maximum Gasteiger partial charge on any atom is 0.203 e. The van der Waals surface area contributed by atoms with Crippen molar-refractivity contribution in [2.24, 2.45) is 0 Å². The van der Waals surface area contributed by atoms with Crippen LogP contribution in [-0.2, 0) is 16.4 Å². The molecule has 0 unspecified atom stereocenters. The molecule has 0 aliphatic carbocycles. The summed E-state index contributed by atoms with van der Waals surface area (Å²) in [5, 5.41) is 9.41. The second-order valence-corrected chi connectivity index (χ2v) is 11.3. The van der Waals surface area contributed by atoms with Crippen LogP contribution in [0.4, 0.5) is 0 Å². The highest BCUT2D eigenvalue weighted by atomic mass is 32.2. The maximum absolute atomic E-state index is 13.4. The first-order valence-corrected chi connectivity index (χ1v) is 15.0. The van der Waals surface area contributed by atoms with Gasteiger partial charge in [0.1, 0.15) is 11.5 Å². The summed E-state index contributed by atoms with van der Waals surface area (Å²) in [5.41, 5.74) is 1.13. The Morgan fingerprint density at radius 3 is 1.86 bits per heavy atom. The van der Waals surface area contributed by atoms with E-state index in [-0.39, 0.29) is 59.4 Å². The van der Waals surface area contributed by atoms with E-state index in [0.717, 1.165) is 5.56 Å². The fourth-order valence-electron chi connectivity index (χ4n) is 4.15. The van der Waals surface area contributed by atoms with Gasteiger partial charge in [0, 0.05) is 24.0 Å². The molecule has 1 N–H and O–H groups in total. The number of aliphatic hydroxyl groups excluding tert-OH is 1. The summed E-state index contributed by atoms with van der Waals surface area (Å²) in [6, 6.07) is 14.9. The van der Waals surface area contributed by atoms with E-state index < -0.39 is 28.0 Å². The van der Waals surface area contributed by atoms with Crippen molar-refractivity contribution in [1.82, 2.24) is 0 Å². The van der Waals surface area contributed by atoms with Gasteiger partial charge in [-0.15, -0.1) is 0 Å². The average molecular weight is 601 g/mol. The molecule has 11 heteroatoms. The van der Waals surface area contributed by atoms with Crippen LogP contribution in [0.5, 0.6) is 28.7 Å². The minimum Gasteiger partial charge on any atom is -0.493 e. The third kappa shape index (κ3) is 8.01. The second kappa shape index (κ2) is 15.2. The van der Waals surface area contributed by atoms with Crippen LogP contribution in [0.25, 0.3) is 0 Å². The fraction of sp³-hybridized carbons (Fsp3) is 0.355. The number of hydrogen-bond donors (Lipinski definition) is 1. The predicted octanol–water partition coefficient (Wildman–Crippen LogP) is 4.69. The van der Waals surface area contributed by atoms with Gasteiger partial charge in [-0.05, 0) is 36.2 Å². The molecule has 0 radical (unpaired) electrons. The van der Waals surface area contributed by atoms with Gasteiger partial charge in [-0.1, -0.05) is 37.3 Å². The van der Waals surface area contributed by atoms with Gasteiger partial charge >= 0.3 is 0 Å². The molecule has 0 aromatic heterocycles. The van der Waals surface area contributed by atoms with Gasteiger partial charge in [-0.25, -0.2) is 8.42 Å². The monoisotopic (exact) mass is 600 g/mol. The number of sulfone groups is 1. The van der Waals surface area contributed by atoms with Crippen molar-refractivity contribution in [3.05, 3.63) is 71.3 Å². The van der Waals surface area contributed by atoms with Crippen molar-refractivity contribution in [2.45, 2.75) is 37.7 Å². The van der Waals surface area contributed by atoms with Crippen LogP contribution < -0.4 is 23.7 Å². The molecule has 0 fully saturated rings. The van der Waals surface area contributed by atoms with Gasteiger partial charge in [-0.3, -0.25) is 9.59 Å². The molecule has 226 valence electrons. The predicted molar refractivity (Wildman–Crippen MR) is 156 cm³/mol. The van der Waals surface area contributed by atoms with Gasteiger partial charge in [-0.2, -0.15) is 0 Å². The Morgan fingerprint density at radius 1 is 0.762 bits per heavy atom. The first-order valence-electron chi connectivity index (χ1n) is 13.4. The highest BCUT2D eigenvalue weighted by molar-refractivity contribution is 7.91. The molecular formula is C31H36O10S. The Morgan fingerprint density at radius 2 is 1.33 bits per heavy atom. The number of hydrogen-bond acceptors (Lipinski definition) is 10. The van der Waals surface area contributed by atoms with Crippen molar-refractivity contribution in [2.75, 3.05) is 40.3 Å². The minimum atomic E-state index is -4.04. The molecule has 0 atom stereocenters. The smallest absolute Gasteiger partial charge is 0.203 e. The first kappa shape index (κ1) is 32.4. The lowest BCUT2D eigenvalue weighted by Gasteiger charge is -2.18. The van der Waals surface area contributed by atoms with E-state index in [1.165, 1.54) is 45.6 Å². The Kier molecular flexibility index (Phi) is 11.8. The number of methoxy groups -OCH3 is 3. The number of carbonyl (C=O) groups is 2. The molecule has 0 aliphatic heterocycles. The molecule has 0 saturated carbocycles. The quantitative estimate of drug-likeness (QED) is 0.217. The molecule has 0 aliphatic rings. The summed E-state index contributed by atoms with van der Waals surface area (Å²) in [6.45, 7) is 1.56. The summed E-state index contributed by atoms with van der Waals surface area (Å²) in [7, 11) is 0.274. The maximum atomic E-state index is 13.4. The van der Waals surface area contributed by atoms with E-state index >= 15 is 0 Å². The van der Waals surface area contributed by atoms with Crippen LogP contribution in [0, 0.1) is 0 Å². The highest BCUT2D eigenvalue weighted by Gasteiger charge is 2.27. The number of benzene rings is 3. The Bertz CT molecular complexity index is 1460. The molecular weight excluding hydrogens is 564 g/mol. The molecule has 0 saturated heterocycles. The van der Waals surface area contributed by atoms with Crippen LogP contribution in [0.2, 0.25) is 0 Å². The average Bonchev–Trinajstić information content (AvgIpc) is 3.00. The van der Waals surface area contributed by atoms with E-state index in [1.54, 1.807) is 0 Å². The van der Waals surface area contributed by atoms with Gasteiger partial charge < -0.3 is 28.8 Å². The van der Waals surface area contributed by atoms with Gasteiger partial charge in [0.15, 0.2) is 44.4 Å². The first-order chi connectivity index (χ1) is 20.2. The van der Waals surface area contributed by atoms with Crippen LogP contribution in [0.15, 0.2) is 59.5 Å². The van der Waals surface area contributed by atoms with Gasteiger partial charge in [0.2, 0.25) is 5.75 Å². The lowest BCUT2D eigenvalue weighted by atomic mass is 10.0. The highest BCUT2D eigenvalue weighted by Crippen LogP contribution is 2.39. The normalized spacial score (nSPS) is 11.1. The summed E-state index contributed by atoms with van der Waals surface area (Å²) in [4.78, 5) is 26.2. The number of carbonyl (C=O) groups excluding carboxylic acids is 2. The van der Waals surface area contributed by atoms with Crippen molar-refractivity contribution in [3.63, 3.8) is 0 Å². The molecule has 0 heterocycles. The van der Waals surface area contributed by atoms with E-state index in [1.807, 2.05) is 37.3 Å². The number of Topliss-reactive ketones (excluding diaryl/α,β-unsaturated/α-hetero) is 2. The minimum absolute atomic E-state index is 0.0220. The second-order valence-electron chi connectivity index (χ2n) is 9.23. The lowest BCUT2D eigenvalue weighted by Crippen LogP contribution is -2.15. The Labute approximate surface area is 246 Å². The van der Waals surface area contributed by atoms with Crippen LogP contribution in [0.3, 0.4) is 0 Å². The summed E-state index contributed by atoms with van der Waals surface area (Å²) in [6.07, 6.45) is 0.230. The summed E-state index contributed by atoms with van der Waals surface area (Å²) < 4.78 is 54.0. The SMILES string of the molecule is CCCOc1c(OCc2ccccc2)cc(C(=O)CCC(=O)c2cc(OC)c(OC)c(OC)c2)cc1S(=O)(=O)CCO. The molecule has 0 bridgehead atoms. The summed E-state index contributed by atoms with van der Waals surface area (Å²) >= 11 is 0. The molecule has 3 rings (SSSR count). The van der Waals surface area contributed by atoms with Crippen molar-refractivity contribution < 1.29 is 46.8 Å². The van der Waals surface area contributed by atoms with E-state index in [0.29, 0.717) is 23.7 Å². The molecule has 42 heavy (non-hydrogen) atoms. The zero-order chi connectivity index (χ0) is 30.7. The number of ether oxygens (including phenoxy) is 5. The van der Waals surface area contributed by atoms with E-state index in [4.69, 9.17) is 23.7 Å². The van der Waals surface area contributed by atoms with E-state index in [9.17, 15) is 23.1 Å². The third-order valence-electron chi connectivity index (χ3n) is 6.29. The summed E-state index contributed by atoms with van der Waals surface area (Å²) in [5.74, 6) is -0.400. The number of rotatable bonds is 17. The van der Waals surface area contributed by atoms with Gasteiger partial charge in [0.05, 0.1) is 40.3 Å². The molecule has 0 amide bonds. The topological polar surface area (TPSA) is 135 Å². The third-order valence-corrected chi connectivity index (χ3v) is 7.98. The lowest BCUT2D eigenvalue weighted by molar-refractivity contribution is 0.0916. The van der Waals surface area contributed by atoms with Crippen LogP contribution >= 0.6 is 0 Å². The molecule has 3 aromatic carbocycles. The Balaban J connectivity index is 1.95. The number of ketones is 2. The molecule has 3 aromatic rings. The zero-order valence-corrected chi connectivity index (χ0v) is 25.0. The molecule has 10 nitrogen and oxygen atoms in total. The zero-order valence-electron chi connectivity index (χ0n) is 24.2. The fourth-order valence-corrected chi connectivity index (χ4v) is 5.35.